The van der Waals surface area contributed by atoms with Gasteiger partial charge in [-0.1, -0.05) is 31.0 Å². The van der Waals surface area contributed by atoms with Gasteiger partial charge in [-0.05, 0) is 38.1 Å². The van der Waals surface area contributed by atoms with Gasteiger partial charge in [0.1, 0.15) is 0 Å². The van der Waals surface area contributed by atoms with E-state index < -0.39 is 0 Å². The molecular formula is C20H28N4O2. The molecule has 2 rings (SSSR count). The molecule has 1 aromatic rings. The second-order valence-corrected chi connectivity index (χ2v) is 6.63. The molecule has 140 valence electrons. The number of nitrogens with one attached hydrogen (secondary N) is 2. The zero-order chi connectivity index (χ0) is 19.1. The highest BCUT2D eigenvalue weighted by molar-refractivity contribution is 5.99. The fourth-order valence-corrected chi connectivity index (χ4v) is 3.27. The molecule has 0 radical (unpaired) electrons. The van der Waals surface area contributed by atoms with E-state index in [9.17, 15) is 9.59 Å². The molecule has 2 N–H and O–H groups in total. The maximum absolute atomic E-state index is 12.7. The second-order valence-electron chi connectivity index (χ2n) is 6.63. The SMILES string of the molecule is C=N/C=C(/CCC)NCC1Cc2cc(C)ccc2N1C(=O)CNC(C)=O. The smallest absolute Gasteiger partial charge is 0.246 e. The third-order valence-electron chi connectivity index (χ3n) is 4.40. The molecule has 1 heterocycles. The van der Waals surface area contributed by atoms with E-state index in [1.165, 1.54) is 12.5 Å². The minimum Gasteiger partial charge on any atom is -0.385 e. The van der Waals surface area contributed by atoms with E-state index in [0.29, 0.717) is 6.54 Å². The summed E-state index contributed by atoms with van der Waals surface area (Å²) in [6.45, 7) is 9.72. The first-order chi connectivity index (χ1) is 12.5. The molecule has 0 bridgehead atoms. The Morgan fingerprint density at radius 1 is 1.38 bits per heavy atom. The van der Waals surface area contributed by atoms with Gasteiger partial charge in [-0.25, -0.2) is 0 Å². The van der Waals surface area contributed by atoms with Gasteiger partial charge in [-0.15, -0.1) is 0 Å². The number of aryl methyl sites for hydroxylation is 1. The van der Waals surface area contributed by atoms with Gasteiger partial charge in [0.2, 0.25) is 11.8 Å². The second kappa shape index (κ2) is 9.17. The highest BCUT2D eigenvalue weighted by atomic mass is 16.2. The normalized spacial score (nSPS) is 16.2. The molecule has 1 aliphatic rings. The van der Waals surface area contributed by atoms with Crippen LogP contribution in [0, 0.1) is 6.92 Å². The predicted octanol–water partition coefficient (Wildman–Crippen LogP) is 2.32. The lowest BCUT2D eigenvalue weighted by Crippen LogP contribution is -2.47. The summed E-state index contributed by atoms with van der Waals surface area (Å²) in [5, 5.41) is 6.01. The summed E-state index contributed by atoms with van der Waals surface area (Å²) in [7, 11) is 0. The van der Waals surface area contributed by atoms with E-state index >= 15 is 0 Å². The van der Waals surface area contributed by atoms with Gasteiger partial charge in [0.15, 0.2) is 0 Å². The molecule has 6 heteroatoms. The third kappa shape index (κ3) is 4.94. The summed E-state index contributed by atoms with van der Waals surface area (Å²) in [4.78, 5) is 29.6. The van der Waals surface area contributed by atoms with Crippen molar-refractivity contribution >= 4 is 24.2 Å². The Hall–Kier alpha value is -2.63. The van der Waals surface area contributed by atoms with Crippen LogP contribution in [-0.2, 0) is 16.0 Å². The van der Waals surface area contributed by atoms with Crippen molar-refractivity contribution in [1.82, 2.24) is 10.6 Å². The number of aliphatic imine (C=N–C) groups is 1. The van der Waals surface area contributed by atoms with Crippen molar-refractivity contribution in [3.05, 3.63) is 41.2 Å². The molecule has 2 amide bonds. The lowest BCUT2D eigenvalue weighted by atomic mass is 10.1. The molecular weight excluding hydrogens is 328 g/mol. The van der Waals surface area contributed by atoms with Crippen LogP contribution in [0.2, 0.25) is 0 Å². The van der Waals surface area contributed by atoms with E-state index in [1.54, 1.807) is 6.20 Å². The fraction of sp³-hybridized carbons (Fsp3) is 0.450. The fourth-order valence-electron chi connectivity index (χ4n) is 3.27. The molecule has 0 spiro atoms. The standard InChI is InChI=1S/C20H28N4O2/c1-5-6-17(11-21-4)23-12-18-10-16-9-14(2)7-8-19(16)24(18)20(26)13-22-15(3)25/h7-9,11,18,23H,4-6,10,12-13H2,1-3H3,(H,22,25)/b17-11-. The van der Waals surface area contributed by atoms with Crippen LogP contribution in [0.4, 0.5) is 5.69 Å². The number of fused-ring (bicyclic) bond motifs is 1. The highest BCUT2D eigenvalue weighted by Gasteiger charge is 2.33. The number of anilines is 1. The van der Waals surface area contributed by atoms with Crippen LogP contribution in [0.5, 0.6) is 0 Å². The average molecular weight is 356 g/mol. The number of benzene rings is 1. The first-order valence-electron chi connectivity index (χ1n) is 9.01. The number of carbonyl (C=O) groups excluding carboxylic acids is 2. The number of hydrogen-bond acceptors (Lipinski definition) is 4. The maximum Gasteiger partial charge on any atom is 0.246 e. The van der Waals surface area contributed by atoms with Crippen LogP contribution in [-0.4, -0.2) is 37.7 Å². The van der Waals surface area contributed by atoms with Crippen molar-refractivity contribution in [3.8, 4) is 0 Å². The largest absolute Gasteiger partial charge is 0.385 e. The van der Waals surface area contributed by atoms with Crippen LogP contribution in [0.1, 0.15) is 37.8 Å². The van der Waals surface area contributed by atoms with Crippen molar-refractivity contribution < 1.29 is 9.59 Å². The van der Waals surface area contributed by atoms with Gasteiger partial charge in [0.05, 0.1) is 12.6 Å². The molecule has 1 aromatic carbocycles. The van der Waals surface area contributed by atoms with Crippen molar-refractivity contribution in [2.45, 2.75) is 46.1 Å². The zero-order valence-corrected chi connectivity index (χ0v) is 15.8. The summed E-state index contributed by atoms with van der Waals surface area (Å²) in [6.07, 6.45) is 4.41. The van der Waals surface area contributed by atoms with E-state index in [-0.39, 0.29) is 24.4 Å². The first-order valence-corrected chi connectivity index (χ1v) is 9.01. The molecule has 0 saturated heterocycles. The number of nitrogens with zero attached hydrogens (tertiary/aromatic N) is 2. The van der Waals surface area contributed by atoms with Gasteiger partial charge < -0.3 is 15.5 Å². The average Bonchev–Trinajstić information content (AvgIpc) is 2.95. The lowest BCUT2D eigenvalue weighted by Gasteiger charge is -2.27. The Balaban J connectivity index is 2.18. The number of rotatable bonds is 8. The number of carbonyl (C=O) groups is 2. The minimum atomic E-state index is -0.207. The monoisotopic (exact) mass is 356 g/mol. The Morgan fingerprint density at radius 2 is 2.15 bits per heavy atom. The maximum atomic E-state index is 12.7. The molecule has 0 aliphatic carbocycles. The minimum absolute atomic E-state index is 0.00173. The van der Waals surface area contributed by atoms with Crippen LogP contribution in [0.3, 0.4) is 0 Å². The van der Waals surface area contributed by atoms with Crippen molar-refractivity contribution in [2.75, 3.05) is 18.0 Å². The predicted molar refractivity (Wildman–Crippen MR) is 105 cm³/mol. The van der Waals surface area contributed by atoms with Crippen LogP contribution < -0.4 is 15.5 Å². The Morgan fingerprint density at radius 3 is 2.81 bits per heavy atom. The van der Waals surface area contributed by atoms with Gasteiger partial charge in [-0.3, -0.25) is 14.6 Å². The zero-order valence-electron chi connectivity index (χ0n) is 15.8. The molecule has 26 heavy (non-hydrogen) atoms. The Kier molecular flexibility index (Phi) is 6.95. The Labute approximate surface area is 155 Å². The van der Waals surface area contributed by atoms with Crippen molar-refractivity contribution in [3.63, 3.8) is 0 Å². The summed E-state index contributed by atoms with van der Waals surface area (Å²) in [5.74, 6) is -0.306. The van der Waals surface area contributed by atoms with Gasteiger partial charge >= 0.3 is 0 Å². The van der Waals surface area contributed by atoms with Crippen molar-refractivity contribution in [2.24, 2.45) is 4.99 Å². The molecule has 0 aromatic heterocycles. The molecule has 0 saturated carbocycles. The summed E-state index contributed by atoms with van der Waals surface area (Å²) in [5.41, 5.74) is 4.29. The number of hydrogen-bond donors (Lipinski definition) is 2. The molecule has 1 unspecified atom stereocenters. The van der Waals surface area contributed by atoms with Crippen molar-refractivity contribution in [1.29, 1.82) is 0 Å². The molecule has 1 atom stereocenters. The van der Waals surface area contributed by atoms with Gasteiger partial charge in [-0.2, -0.15) is 0 Å². The van der Waals surface area contributed by atoms with E-state index in [4.69, 9.17) is 0 Å². The summed E-state index contributed by atoms with van der Waals surface area (Å²) in [6, 6.07) is 6.13. The van der Waals surface area contributed by atoms with Crippen LogP contribution in [0.25, 0.3) is 0 Å². The van der Waals surface area contributed by atoms with E-state index in [0.717, 1.165) is 36.2 Å². The summed E-state index contributed by atoms with van der Waals surface area (Å²) >= 11 is 0. The number of allylic oxidation sites excluding steroid dienone is 1. The number of amides is 2. The third-order valence-corrected chi connectivity index (χ3v) is 4.40. The van der Waals surface area contributed by atoms with Crippen LogP contribution >= 0.6 is 0 Å². The van der Waals surface area contributed by atoms with E-state index in [2.05, 4.69) is 35.3 Å². The van der Waals surface area contributed by atoms with E-state index in [1.807, 2.05) is 24.0 Å². The highest BCUT2D eigenvalue weighted by Crippen LogP contribution is 2.33. The molecule has 1 aliphatic heterocycles. The van der Waals surface area contributed by atoms with Crippen LogP contribution in [0.15, 0.2) is 35.1 Å². The first kappa shape index (κ1) is 19.7. The molecule has 6 nitrogen and oxygen atoms in total. The molecule has 0 fully saturated rings. The Bertz CT molecular complexity index is 712. The lowest BCUT2D eigenvalue weighted by molar-refractivity contribution is -0.123. The van der Waals surface area contributed by atoms with Gasteiger partial charge in [0.25, 0.3) is 0 Å². The summed E-state index contributed by atoms with van der Waals surface area (Å²) < 4.78 is 0. The topological polar surface area (TPSA) is 73.8 Å². The van der Waals surface area contributed by atoms with Gasteiger partial charge in [0, 0.05) is 31.1 Å². The quantitative estimate of drug-likeness (QED) is 0.702.